The Morgan fingerprint density at radius 2 is 1.89 bits per heavy atom. The van der Waals surface area contributed by atoms with Gasteiger partial charge in [-0.05, 0) is 23.8 Å². The quantitative estimate of drug-likeness (QED) is 0.827. The summed E-state index contributed by atoms with van der Waals surface area (Å²) in [5, 5.41) is 2.93. The van der Waals surface area contributed by atoms with Crippen molar-refractivity contribution < 1.29 is 4.79 Å². The molecular weight excluding hydrogens is 236 g/mol. The van der Waals surface area contributed by atoms with E-state index in [9.17, 15) is 4.79 Å². The van der Waals surface area contributed by atoms with Crippen LogP contribution in [0, 0.1) is 5.41 Å². The first-order chi connectivity index (χ1) is 8.87. The highest BCUT2D eigenvalue weighted by molar-refractivity contribution is 5.76. The van der Waals surface area contributed by atoms with E-state index in [2.05, 4.69) is 38.2 Å². The zero-order valence-corrected chi connectivity index (χ0v) is 12.3. The molecule has 0 aliphatic heterocycles. The summed E-state index contributed by atoms with van der Waals surface area (Å²) >= 11 is 0. The zero-order valence-electron chi connectivity index (χ0n) is 12.3. The fourth-order valence-corrected chi connectivity index (χ4v) is 2.16. The fourth-order valence-electron chi connectivity index (χ4n) is 2.16. The van der Waals surface area contributed by atoms with Crippen LogP contribution < -0.4 is 11.1 Å². The van der Waals surface area contributed by atoms with Crippen molar-refractivity contribution in [2.24, 2.45) is 11.1 Å². The summed E-state index contributed by atoms with van der Waals surface area (Å²) in [6.07, 6.45) is 2.13. The molecule has 3 heteroatoms. The van der Waals surface area contributed by atoms with Crippen molar-refractivity contribution in [3.63, 3.8) is 0 Å². The van der Waals surface area contributed by atoms with Crippen molar-refractivity contribution in [1.29, 1.82) is 0 Å². The van der Waals surface area contributed by atoms with Gasteiger partial charge in [-0.3, -0.25) is 4.79 Å². The minimum atomic E-state index is -0.0586. The monoisotopic (exact) mass is 262 g/mol. The second-order valence-electron chi connectivity index (χ2n) is 6.31. The highest BCUT2D eigenvalue weighted by Crippen LogP contribution is 2.20. The molecule has 0 radical (unpaired) electrons. The molecule has 1 aromatic rings. The first-order valence-corrected chi connectivity index (χ1v) is 6.93. The number of nitrogens with two attached hydrogens (primary N) is 1. The molecule has 19 heavy (non-hydrogen) atoms. The number of hydrogen-bond acceptors (Lipinski definition) is 2. The van der Waals surface area contributed by atoms with E-state index in [-0.39, 0.29) is 17.4 Å². The lowest BCUT2D eigenvalue weighted by molar-refractivity contribution is -0.121. The first kappa shape index (κ1) is 15.7. The van der Waals surface area contributed by atoms with Gasteiger partial charge in [-0.15, -0.1) is 0 Å². The molecule has 0 saturated carbocycles. The van der Waals surface area contributed by atoms with Crippen LogP contribution in [0.5, 0.6) is 0 Å². The Bertz CT molecular complexity index is 381. The van der Waals surface area contributed by atoms with Crippen LogP contribution in [0.3, 0.4) is 0 Å². The van der Waals surface area contributed by atoms with E-state index in [0.717, 1.165) is 12.8 Å². The summed E-state index contributed by atoms with van der Waals surface area (Å²) < 4.78 is 0. The molecule has 0 saturated heterocycles. The van der Waals surface area contributed by atoms with Gasteiger partial charge in [0.2, 0.25) is 5.91 Å². The second kappa shape index (κ2) is 7.29. The van der Waals surface area contributed by atoms with Gasteiger partial charge in [-0.25, -0.2) is 0 Å². The second-order valence-corrected chi connectivity index (χ2v) is 6.31. The van der Waals surface area contributed by atoms with Gasteiger partial charge in [0, 0.05) is 19.0 Å². The van der Waals surface area contributed by atoms with Crippen LogP contribution in [-0.2, 0) is 11.2 Å². The maximum absolute atomic E-state index is 11.7. The van der Waals surface area contributed by atoms with Crippen molar-refractivity contribution in [2.75, 3.05) is 6.54 Å². The molecule has 0 aromatic heterocycles. The summed E-state index contributed by atoms with van der Waals surface area (Å²) in [5.74, 6) is 0.0488. The lowest BCUT2D eigenvalue weighted by atomic mass is 9.87. The number of carbonyl (C=O) groups excluding carboxylic acids is 1. The van der Waals surface area contributed by atoms with E-state index >= 15 is 0 Å². The van der Waals surface area contributed by atoms with Crippen molar-refractivity contribution >= 4 is 5.91 Å². The maximum atomic E-state index is 11.7. The Morgan fingerprint density at radius 1 is 1.26 bits per heavy atom. The zero-order chi connectivity index (χ0) is 14.3. The molecule has 0 fully saturated rings. The van der Waals surface area contributed by atoms with Crippen molar-refractivity contribution in [3.05, 3.63) is 35.9 Å². The average Bonchev–Trinajstić information content (AvgIpc) is 2.27. The summed E-state index contributed by atoms with van der Waals surface area (Å²) in [5.41, 5.74) is 7.39. The van der Waals surface area contributed by atoms with Crippen LogP contribution in [0.1, 0.15) is 39.2 Å². The minimum Gasteiger partial charge on any atom is -0.356 e. The summed E-state index contributed by atoms with van der Waals surface area (Å²) in [4.78, 5) is 11.7. The van der Waals surface area contributed by atoms with Gasteiger partial charge in [-0.2, -0.15) is 0 Å². The van der Waals surface area contributed by atoms with Gasteiger partial charge in [0.1, 0.15) is 0 Å². The molecule has 3 nitrogen and oxygen atoms in total. The number of amides is 1. The Morgan fingerprint density at radius 3 is 2.47 bits per heavy atom. The summed E-state index contributed by atoms with van der Waals surface area (Å²) in [6, 6.07) is 10.1. The fraction of sp³-hybridized carbons (Fsp3) is 0.562. The predicted molar refractivity (Wildman–Crippen MR) is 79.8 cm³/mol. The third-order valence-corrected chi connectivity index (χ3v) is 2.90. The van der Waals surface area contributed by atoms with Gasteiger partial charge in [0.05, 0.1) is 0 Å². The van der Waals surface area contributed by atoms with Crippen LogP contribution in [0.4, 0.5) is 0 Å². The smallest absolute Gasteiger partial charge is 0.221 e. The molecule has 0 spiro atoms. The van der Waals surface area contributed by atoms with E-state index in [4.69, 9.17) is 5.73 Å². The highest BCUT2D eigenvalue weighted by atomic mass is 16.1. The first-order valence-electron chi connectivity index (χ1n) is 6.93. The topological polar surface area (TPSA) is 55.1 Å². The number of nitrogens with one attached hydrogen (secondary N) is 1. The van der Waals surface area contributed by atoms with E-state index in [1.165, 1.54) is 5.56 Å². The molecule has 106 valence electrons. The number of rotatable bonds is 6. The number of carbonyl (C=O) groups is 1. The third kappa shape index (κ3) is 7.62. The van der Waals surface area contributed by atoms with E-state index < -0.39 is 0 Å². The van der Waals surface area contributed by atoms with Gasteiger partial charge in [0.25, 0.3) is 0 Å². The Balaban J connectivity index is 2.21. The van der Waals surface area contributed by atoms with Gasteiger partial charge in [0.15, 0.2) is 0 Å². The highest BCUT2D eigenvalue weighted by Gasteiger charge is 2.17. The van der Waals surface area contributed by atoms with E-state index in [1.807, 2.05) is 18.2 Å². The number of benzene rings is 1. The average molecular weight is 262 g/mol. The van der Waals surface area contributed by atoms with Crippen molar-refractivity contribution in [2.45, 2.75) is 46.1 Å². The maximum Gasteiger partial charge on any atom is 0.221 e. The molecule has 0 aliphatic carbocycles. The lowest BCUT2D eigenvalue weighted by Crippen LogP contribution is -2.34. The van der Waals surface area contributed by atoms with E-state index in [0.29, 0.717) is 13.0 Å². The van der Waals surface area contributed by atoms with E-state index in [1.54, 1.807) is 0 Å². The molecule has 0 heterocycles. The third-order valence-electron chi connectivity index (χ3n) is 2.90. The molecule has 3 N–H and O–H groups in total. The lowest BCUT2D eigenvalue weighted by Gasteiger charge is -2.22. The summed E-state index contributed by atoms with van der Waals surface area (Å²) in [7, 11) is 0. The largest absolute Gasteiger partial charge is 0.356 e. The van der Waals surface area contributed by atoms with Gasteiger partial charge < -0.3 is 11.1 Å². The summed E-state index contributed by atoms with van der Waals surface area (Å²) in [6.45, 7) is 7.09. The molecule has 1 aromatic carbocycles. The molecule has 1 rings (SSSR count). The molecule has 1 unspecified atom stereocenters. The Kier molecular flexibility index (Phi) is 6.03. The van der Waals surface area contributed by atoms with Crippen LogP contribution in [0.2, 0.25) is 0 Å². The van der Waals surface area contributed by atoms with Gasteiger partial charge in [-0.1, -0.05) is 51.1 Å². The molecule has 1 atom stereocenters. The SMILES string of the molecule is CC(C)(C)CC(N)CC(=O)NCCc1ccccc1. The minimum absolute atomic E-state index is 0.0488. The van der Waals surface area contributed by atoms with Crippen molar-refractivity contribution in [1.82, 2.24) is 5.32 Å². The van der Waals surface area contributed by atoms with Crippen LogP contribution in [0.15, 0.2) is 30.3 Å². The number of hydrogen-bond donors (Lipinski definition) is 2. The van der Waals surface area contributed by atoms with Crippen molar-refractivity contribution in [3.8, 4) is 0 Å². The Hall–Kier alpha value is -1.35. The van der Waals surface area contributed by atoms with Crippen LogP contribution in [0.25, 0.3) is 0 Å². The normalized spacial score (nSPS) is 13.1. The van der Waals surface area contributed by atoms with Crippen LogP contribution >= 0.6 is 0 Å². The van der Waals surface area contributed by atoms with Gasteiger partial charge >= 0.3 is 0 Å². The molecule has 0 aliphatic rings. The van der Waals surface area contributed by atoms with Crippen LogP contribution in [-0.4, -0.2) is 18.5 Å². The molecule has 1 amide bonds. The molecular formula is C16H26N2O. The predicted octanol–water partition coefficient (Wildman–Crippen LogP) is 2.50. The Labute approximate surface area is 116 Å². The molecule has 0 bridgehead atoms. The standard InChI is InChI=1S/C16H26N2O/c1-16(2,3)12-14(17)11-15(19)18-10-9-13-7-5-4-6-8-13/h4-8,14H,9-12,17H2,1-3H3,(H,18,19).